The van der Waals surface area contributed by atoms with Crippen molar-refractivity contribution in [2.24, 2.45) is 0 Å². The Balaban J connectivity index is 2.23. The van der Waals surface area contributed by atoms with Crippen molar-refractivity contribution in [3.8, 4) is 0 Å². The Kier molecular flexibility index (Phi) is 5.24. The van der Waals surface area contributed by atoms with Gasteiger partial charge in [0.25, 0.3) is 5.91 Å². The van der Waals surface area contributed by atoms with Gasteiger partial charge in [-0.3, -0.25) is 4.79 Å². The van der Waals surface area contributed by atoms with E-state index in [0.717, 1.165) is 19.3 Å². The Morgan fingerprint density at radius 1 is 1.26 bits per heavy atom. The van der Waals surface area contributed by atoms with E-state index >= 15 is 0 Å². The van der Waals surface area contributed by atoms with Gasteiger partial charge in [-0.1, -0.05) is 12.1 Å². The number of alkyl halides is 1. The molecule has 0 atom stereocenters. The van der Waals surface area contributed by atoms with E-state index in [1.165, 1.54) is 0 Å². The van der Waals surface area contributed by atoms with Crippen LogP contribution in [0.1, 0.15) is 15.9 Å². The number of halogens is 3. The molecule has 0 aromatic heterocycles. The predicted octanol–water partition coefficient (Wildman–Crippen LogP) is 5.04. The van der Waals surface area contributed by atoms with Gasteiger partial charge in [0.05, 0.1) is 5.56 Å². The Hall–Kier alpha value is -0.590. The van der Waals surface area contributed by atoms with Crippen molar-refractivity contribution in [3.05, 3.63) is 61.6 Å². The average Bonchev–Trinajstić information content (AvgIpc) is 2.41. The lowest BCUT2D eigenvalue weighted by molar-refractivity contribution is 0.102. The molecule has 1 N–H and O–H groups in total. The highest BCUT2D eigenvalue weighted by Gasteiger charge is 2.10. The van der Waals surface area contributed by atoms with Gasteiger partial charge in [0.2, 0.25) is 0 Å². The summed E-state index contributed by atoms with van der Waals surface area (Å²) in [6, 6.07) is 13.1. The van der Waals surface area contributed by atoms with Crippen LogP contribution < -0.4 is 5.32 Å². The molecular formula is C14H10BrClINO. The number of benzene rings is 2. The van der Waals surface area contributed by atoms with Crippen molar-refractivity contribution in [2.75, 3.05) is 5.32 Å². The van der Waals surface area contributed by atoms with E-state index < -0.39 is 0 Å². The van der Waals surface area contributed by atoms with Gasteiger partial charge in [0, 0.05) is 19.6 Å². The number of rotatable bonds is 3. The number of carbonyl (C=O) groups excluding carboxylic acids is 1. The Morgan fingerprint density at radius 2 is 2.05 bits per heavy atom. The monoisotopic (exact) mass is 449 g/mol. The van der Waals surface area contributed by atoms with E-state index in [2.05, 4.69) is 43.8 Å². The molecule has 0 aliphatic rings. The van der Waals surface area contributed by atoms with Crippen LogP contribution in [-0.4, -0.2) is 5.91 Å². The molecule has 2 rings (SSSR count). The Labute approximate surface area is 138 Å². The lowest BCUT2D eigenvalue weighted by atomic mass is 10.2. The fourth-order valence-electron chi connectivity index (χ4n) is 1.60. The van der Waals surface area contributed by atoms with E-state index in [1.807, 2.05) is 42.5 Å². The summed E-state index contributed by atoms with van der Waals surface area (Å²) in [4.78, 5) is 12.2. The number of amides is 1. The summed E-state index contributed by atoms with van der Waals surface area (Å²) in [5, 5.41) is 2.87. The van der Waals surface area contributed by atoms with Crippen LogP contribution in [-0.2, 0) is 5.88 Å². The summed E-state index contributed by atoms with van der Waals surface area (Å²) in [5.74, 6) is 0.286. The van der Waals surface area contributed by atoms with Gasteiger partial charge < -0.3 is 5.32 Å². The van der Waals surface area contributed by atoms with Crippen LogP contribution >= 0.6 is 50.1 Å². The van der Waals surface area contributed by atoms with Gasteiger partial charge in [0.15, 0.2) is 0 Å². The maximum Gasteiger partial charge on any atom is 0.256 e. The molecule has 2 aromatic carbocycles. The maximum absolute atomic E-state index is 12.2. The number of anilines is 1. The molecule has 1 amide bonds. The fourth-order valence-corrected chi connectivity index (χ4v) is 2.69. The standard InChI is InChI=1S/C14H10BrClINO/c15-13-5-4-10(17)7-12(13)14(19)18-11-3-1-2-9(6-11)8-16/h1-7H,8H2,(H,18,19). The summed E-state index contributed by atoms with van der Waals surface area (Å²) in [6.07, 6.45) is 0. The smallest absolute Gasteiger partial charge is 0.256 e. The molecule has 2 aromatic rings. The fraction of sp³-hybridized carbons (Fsp3) is 0.0714. The van der Waals surface area contributed by atoms with Crippen molar-refractivity contribution in [2.45, 2.75) is 5.88 Å². The van der Waals surface area contributed by atoms with Crippen LogP contribution in [0.15, 0.2) is 46.9 Å². The zero-order chi connectivity index (χ0) is 13.8. The van der Waals surface area contributed by atoms with Crippen molar-refractivity contribution in [3.63, 3.8) is 0 Å². The van der Waals surface area contributed by atoms with E-state index in [9.17, 15) is 4.79 Å². The van der Waals surface area contributed by atoms with Crippen LogP contribution in [0.4, 0.5) is 5.69 Å². The number of hydrogen-bond acceptors (Lipinski definition) is 1. The SMILES string of the molecule is O=C(Nc1cccc(CCl)c1)c1cc(I)ccc1Br. The van der Waals surface area contributed by atoms with E-state index in [4.69, 9.17) is 11.6 Å². The second-order valence-corrected chi connectivity index (χ2v) is 6.28. The molecule has 0 saturated heterocycles. The van der Waals surface area contributed by atoms with Gasteiger partial charge in [-0.15, -0.1) is 11.6 Å². The zero-order valence-electron chi connectivity index (χ0n) is 9.79. The molecule has 0 spiro atoms. The molecule has 0 saturated carbocycles. The Bertz CT molecular complexity index is 618. The van der Waals surface area contributed by atoms with Gasteiger partial charge in [-0.2, -0.15) is 0 Å². The van der Waals surface area contributed by atoms with Gasteiger partial charge >= 0.3 is 0 Å². The highest BCUT2D eigenvalue weighted by molar-refractivity contribution is 14.1. The molecule has 98 valence electrons. The first-order valence-electron chi connectivity index (χ1n) is 5.51. The van der Waals surface area contributed by atoms with Gasteiger partial charge in [-0.05, 0) is 74.4 Å². The van der Waals surface area contributed by atoms with Crippen LogP contribution in [0.25, 0.3) is 0 Å². The maximum atomic E-state index is 12.2. The first-order valence-corrected chi connectivity index (χ1v) is 7.92. The molecule has 19 heavy (non-hydrogen) atoms. The molecule has 0 aliphatic heterocycles. The molecule has 0 heterocycles. The third-order valence-electron chi connectivity index (χ3n) is 2.51. The summed E-state index contributed by atoms with van der Waals surface area (Å²) in [5.41, 5.74) is 2.33. The van der Waals surface area contributed by atoms with Crippen molar-refractivity contribution < 1.29 is 4.79 Å². The van der Waals surface area contributed by atoms with E-state index in [1.54, 1.807) is 0 Å². The number of hydrogen-bond donors (Lipinski definition) is 1. The van der Waals surface area contributed by atoms with Crippen LogP contribution in [0, 0.1) is 3.57 Å². The molecule has 2 nitrogen and oxygen atoms in total. The molecule has 0 radical (unpaired) electrons. The molecular weight excluding hydrogens is 440 g/mol. The molecule has 5 heteroatoms. The Morgan fingerprint density at radius 3 is 2.79 bits per heavy atom. The number of carbonyl (C=O) groups is 1. The minimum Gasteiger partial charge on any atom is -0.322 e. The van der Waals surface area contributed by atoms with Gasteiger partial charge in [-0.25, -0.2) is 0 Å². The molecule has 0 unspecified atom stereocenters. The first-order chi connectivity index (χ1) is 9.10. The van der Waals surface area contributed by atoms with Crippen molar-refractivity contribution in [1.82, 2.24) is 0 Å². The molecule has 0 bridgehead atoms. The minimum absolute atomic E-state index is 0.142. The third kappa shape index (κ3) is 3.94. The van der Waals surface area contributed by atoms with E-state index in [-0.39, 0.29) is 5.91 Å². The quantitative estimate of drug-likeness (QED) is 0.515. The van der Waals surface area contributed by atoms with Crippen molar-refractivity contribution >= 4 is 61.7 Å². The van der Waals surface area contributed by atoms with Crippen molar-refractivity contribution in [1.29, 1.82) is 0 Å². The summed E-state index contributed by atoms with van der Waals surface area (Å²) >= 11 is 11.3. The second-order valence-electron chi connectivity index (χ2n) is 3.91. The summed E-state index contributed by atoms with van der Waals surface area (Å²) < 4.78 is 1.79. The highest BCUT2D eigenvalue weighted by Crippen LogP contribution is 2.21. The van der Waals surface area contributed by atoms with Crippen LogP contribution in [0.5, 0.6) is 0 Å². The summed E-state index contributed by atoms with van der Waals surface area (Å²) in [7, 11) is 0. The first kappa shape index (κ1) is 14.8. The topological polar surface area (TPSA) is 29.1 Å². The number of nitrogens with one attached hydrogen (secondary N) is 1. The predicted molar refractivity (Wildman–Crippen MR) is 90.8 cm³/mol. The average molecular weight is 451 g/mol. The summed E-state index contributed by atoms with van der Waals surface area (Å²) in [6.45, 7) is 0. The zero-order valence-corrected chi connectivity index (χ0v) is 14.3. The van der Waals surface area contributed by atoms with E-state index in [0.29, 0.717) is 11.4 Å². The third-order valence-corrected chi connectivity index (χ3v) is 4.18. The lowest BCUT2D eigenvalue weighted by Crippen LogP contribution is -2.12. The lowest BCUT2D eigenvalue weighted by Gasteiger charge is -2.08. The van der Waals surface area contributed by atoms with Crippen LogP contribution in [0.2, 0.25) is 0 Å². The highest BCUT2D eigenvalue weighted by atomic mass is 127. The van der Waals surface area contributed by atoms with Crippen LogP contribution in [0.3, 0.4) is 0 Å². The largest absolute Gasteiger partial charge is 0.322 e. The second kappa shape index (κ2) is 6.72. The van der Waals surface area contributed by atoms with Gasteiger partial charge in [0.1, 0.15) is 0 Å². The normalized spacial score (nSPS) is 10.3. The molecule has 0 aliphatic carbocycles. The minimum atomic E-state index is -0.142. The molecule has 0 fully saturated rings.